The Kier molecular flexibility index (Phi) is 6.20. The summed E-state index contributed by atoms with van der Waals surface area (Å²) >= 11 is 6.05. The van der Waals surface area contributed by atoms with E-state index < -0.39 is 34.3 Å². The molecule has 2 bridgehead atoms. The van der Waals surface area contributed by atoms with Gasteiger partial charge in [0.05, 0.1) is 17.0 Å². The van der Waals surface area contributed by atoms with E-state index in [0.29, 0.717) is 10.6 Å². The molecule has 6 rings (SSSR count). The molecule has 0 spiro atoms. The number of aromatic nitrogens is 1. The van der Waals surface area contributed by atoms with Crippen molar-refractivity contribution in [1.82, 2.24) is 14.2 Å². The Hall–Kier alpha value is -3.34. The third-order valence-electron chi connectivity index (χ3n) is 7.43. The first-order chi connectivity index (χ1) is 18.2. The van der Waals surface area contributed by atoms with Crippen LogP contribution in [0.25, 0.3) is 21.9 Å². The molecule has 4 atom stereocenters. The number of fused-ring (bicyclic) bond motifs is 3. The molecule has 8 nitrogen and oxygen atoms in total. The number of aliphatic hydroxyl groups is 2. The van der Waals surface area contributed by atoms with Crippen LogP contribution in [0.2, 0.25) is 5.02 Å². The van der Waals surface area contributed by atoms with Crippen molar-refractivity contribution in [3.8, 4) is 11.1 Å². The molecule has 0 saturated carbocycles. The normalized spacial score (nSPS) is 23.6. The van der Waals surface area contributed by atoms with Gasteiger partial charge in [-0.2, -0.15) is 4.31 Å². The summed E-state index contributed by atoms with van der Waals surface area (Å²) in [6.07, 6.45) is 0.851. The molecule has 2 aliphatic rings. The summed E-state index contributed by atoms with van der Waals surface area (Å²) in [5, 5.41) is 23.6. The zero-order valence-electron chi connectivity index (χ0n) is 20.1. The molecule has 4 unspecified atom stereocenters. The van der Waals surface area contributed by atoms with E-state index in [1.54, 1.807) is 54.9 Å². The summed E-state index contributed by atoms with van der Waals surface area (Å²) in [4.78, 5) is 19.1. The lowest BCUT2D eigenvalue weighted by molar-refractivity contribution is 0.0352. The van der Waals surface area contributed by atoms with Gasteiger partial charge in [-0.25, -0.2) is 8.42 Å². The number of hydrogen-bond acceptors (Lipinski definition) is 6. The molecule has 2 fully saturated rings. The molecule has 0 aliphatic carbocycles. The van der Waals surface area contributed by atoms with E-state index in [4.69, 9.17) is 11.6 Å². The van der Waals surface area contributed by atoms with Gasteiger partial charge in [-0.15, -0.1) is 0 Å². The van der Waals surface area contributed by atoms with Crippen LogP contribution in [0.5, 0.6) is 0 Å². The first kappa shape index (κ1) is 25.0. The molecule has 2 saturated heterocycles. The van der Waals surface area contributed by atoms with Crippen molar-refractivity contribution in [1.29, 1.82) is 0 Å². The van der Waals surface area contributed by atoms with Crippen LogP contribution >= 0.6 is 11.6 Å². The van der Waals surface area contributed by atoms with Crippen LogP contribution in [0.4, 0.5) is 0 Å². The highest BCUT2D eigenvalue weighted by Gasteiger charge is 2.55. The Morgan fingerprint density at radius 2 is 1.39 bits per heavy atom. The molecule has 2 N–H and O–H groups in total. The lowest BCUT2D eigenvalue weighted by atomic mass is 10.0. The zero-order chi connectivity index (χ0) is 26.6. The fourth-order valence-corrected chi connectivity index (χ4v) is 7.11. The van der Waals surface area contributed by atoms with Gasteiger partial charge >= 0.3 is 0 Å². The first-order valence-electron chi connectivity index (χ1n) is 12.1. The minimum absolute atomic E-state index is 0.0992. The van der Waals surface area contributed by atoms with Gasteiger partial charge in [0.15, 0.2) is 0 Å². The number of carbonyl (C=O) groups excluding carboxylic acids is 1. The number of aliphatic hydroxyl groups excluding tert-OH is 2. The number of hydrogen-bond donors (Lipinski definition) is 2. The molecule has 1 amide bonds. The van der Waals surface area contributed by atoms with Gasteiger partial charge in [-0.05, 0) is 70.4 Å². The van der Waals surface area contributed by atoms with Crippen molar-refractivity contribution in [3.63, 3.8) is 0 Å². The van der Waals surface area contributed by atoms with Gasteiger partial charge in [0.25, 0.3) is 5.91 Å². The number of carbonyl (C=O) groups is 1. The number of amides is 1. The van der Waals surface area contributed by atoms with Gasteiger partial charge < -0.3 is 15.1 Å². The van der Waals surface area contributed by atoms with E-state index in [-0.39, 0.29) is 23.9 Å². The van der Waals surface area contributed by atoms with Gasteiger partial charge in [-0.1, -0.05) is 35.9 Å². The Morgan fingerprint density at radius 3 is 2.05 bits per heavy atom. The summed E-state index contributed by atoms with van der Waals surface area (Å²) in [6, 6.07) is 19.0. The van der Waals surface area contributed by atoms with Crippen LogP contribution < -0.4 is 0 Å². The largest absolute Gasteiger partial charge is 0.388 e. The molecule has 1 aromatic heterocycles. The number of sulfonamides is 1. The second-order valence-corrected chi connectivity index (χ2v) is 12.0. The van der Waals surface area contributed by atoms with Crippen molar-refractivity contribution in [2.75, 3.05) is 13.1 Å². The highest BCUT2D eigenvalue weighted by atomic mass is 35.5. The van der Waals surface area contributed by atoms with Crippen molar-refractivity contribution < 1.29 is 23.4 Å². The lowest BCUT2D eigenvalue weighted by Gasteiger charge is -2.40. The number of benzene rings is 3. The summed E-state index contributed by atoms with van der Waals surface area (Å²) in [7, 11) is -3.95. The van der Waals surface area contributed by atoms with Crippen LogP contribution in [-0.2, 0) is 10.0 Å². The fourth-order valence-electron chi connectivity index (χ4n) is 5.41. The lowest BCUT2D eigenvalue weighted by Crippen LogP contribution is -2.58. The summed E-state index contributed by atoms with van der Waals surface area (Å²) in [6.45, 7) is -0.257. The summed E-state index contributed by atoms with van der Waals surface area (Å²) in [5.41, 5.74) is 2.27. The molecule has 194 valence electrons. The number of piperazine rings is 1. The predicted octanol–water partition coefficient (Wildman–Crippen LogP) is 3.17. The maximum absolute atomic E-state index is 13.6. The van der Waals surface area contributed by atoms with Crippen LogP contribution in [0.3, 0.4) is 0 Å². The Morgan fingerprint density at radius 1 is 0.816 bits per heavy atom. The van der Waals surface area contributed by atoms with Gasteiger partial charge in [0, 0.05) is 36.1 Å². The Bertz CT molecular complexity index is 1610. The predicted molar refractivity (Wildman–Crippen MR) is 143 cm³/mol. The van der Waals surface area contributed by atoms with Gasteiger partial charge in [-0.3, -0.25) is 9.78 Å². The molecule has 38 heavy (non-hydrogen) atoms. The molecular formula is C28H24ClN3O5S. The number of halogens is 1. The van der Waals surface area contributed by atoms with Crippen LogP contribution in [0.15, 0.2) is 90.1 Å². The van der Waals surface area contributed by atoms with Crippen LogP contribution in [0.1, 0.15) is 10.4 Å². The zero-order valence-corrected chi connectivity index (χ0v) is 21.6. The van der Waals surface area contributed by atoms with E-state index in [0.717, 1.165) is 21.9 Å². The van der Waals surface area contributed by atoms with Crippen LogP contribution in [0, 0.1) is 0 Å². The number of pyridine rings is 1. The molecule has 0 radical (unpaired) electrons. The maximum Gasteiger partial charge on any atom is 0.254 e. The Balaban J connectivity index is 1.26. The maximum atomic E-state index is 13.6. The molecule has 4 aromatic rings. The standard InChI is InChI=1S/C28H24ClN3O5S/c29-22-7-5-21-14-23(8-6-20(21)13-22)38(36,37)31-15-24-26(33)27(34)25(16-31)32(24)28(35)19-3-1-17(2-4-19)18-9-11-30-12-10-18/h1-14,24-27,33-34H,15-16H2. The quantitative estimate of drug-likeness (QED) is 0.404. The van der Waals surface area contributed by atoms with Gasteiger partial charge in [0.1, 0.15) is 12.2 Å². The van der Waals surface area contributed by atoms with Crippen molar-refractivity contribution in [3.05, 3.63) is 95.8 Å². The third-order valence-corrected chi connectivity index (χ3v) is 9.49. The highest BCUT2D eigenvalue weighted by molar-refractivity contribution is 7.89. The smallest absolute Gasteiger partial charge is 0.254 e. The number of nitrogens with zero attached hydrogens (tertiary/aromatic N) is 3. The van der Waals surface area contributed by atoms with E-state index in [1.807, 2.05) is 24.3 Å². The molecule has 3 aromatic carbocycles. The van der Waals surface area contributed by atoms with Crippen molar-refractivity contribution in [2.45, 2.75) is 29.2 Å². The second-order valence-electron chi connectivity index (χ2n) is 9.62. The minimum atomic E-state index is -3.95. The van der Waals surface area contributed by atoms with Crippen LogP contribution in [-0.4, -0.2) is 76.1 Å². The highest BCUT2D eigenvalue weighted by Crippen LogP contribution is 2.35. The summed E-state index contributed by atoms with van der Waals surface area (Å²) < 4.78 is 28.4. The topological polar surface area (TPSA) is 111 Å². The van der Waals surface area contributed by atoms with Gasteiger partial charge in [0.2, 0.25) is 10.0 Å². The number of rotatable bonds is 4. The molecule has 2 aliphatic heterocycles. The monoisotopic (exact) mass is 549 g/mol. The second kappa shape index (κ2) is 9.44. The van der Waals surface area contributed by atoms with E-state index in [2.05, 4.69) is 4.98 Å². The SMILES string of the molecule is O=C(c1ccc(-c2ccncc2)cc1)N1C2CN(S(=O)(=O)c3ccc4cc(Cl)ccc4c3)CC1C(O)C2O. The molecular weight excluding hydrogens is 526 g/mol. The molecule has 3 heterocycles. The minimum Gasteiger partial charge on any atom is -0.388 e. The Labute approximate surface area is 224 Å². The van der Waals surface area contributed by atoms with E-state index >= 15 is 0 Å². The van der Waals surface area contributed by atoms with Crippen molar-refractivity contribution >= 4 is 38.3 Å². The van der Waals surface area contributed by atoms with E-state index in [1.165, 1.54) is 15.3 Å². The average molecular weight is 550 g/mol. The third kappa shape index (κ3) is 4.16. The van der Waals surface area contributed by atoms with Crippen molar-refractivity contribution in [2.24, 2.45) is 0 Å². The average Bonchev–Trinajstić information content (AvgIpc) is 3.09. The first-order valence-corrected chi connectivity index (χ1v) is 13.9. The van der Waals surface area contributed by atoms with E-state index in [9.17, 15) is 23.4 Å². The fraction of sp³-hybridized carbons (Fsp3) is 0.214. The summed E-state index contributed by atoms with van der Waals surface area (Å²) in [5.74, 6) is -0.364. The molecule has 10 heteroatoms.